The summed E-state index contributed by atoms with van der Waals surface area (Å²) in [5.74, 6) is -0.891. The number of nitrogens with zero attached hydrogens (tertiary/aromatic N) is 1. The van der Waals surface area contributed by atoms with Crippen LogP contribution in [0.5, 0.6) is 5.75 Å². The topological polar surface area (TPSA) is 68.5 Å². The lowest BCUT2D eigenvalue weighted by molar-refractivity contribution is -0.137. The maximum absolute atomic E-state index is 11.9. The number of benzene rings is 1. The Balaban J connectivity index is 1.99. The van der Waals surface area contributed by atoms with Gasteiger partial charge < -0.3 is 14.4 Å². The van der Waals surface area contributed by atoms with Crippen LogP contribution in [0.25, 0.3) is 0 Å². The molecule has 0 aliphatic carbocycles. The van der Waals surface area contributed by atoms with Crippen LogP contribution in [0.2, 0.25) is 0 Å². The van der Waals surface area contributed by atoms with Crippen molar-refractivity contribution >= 4 is 5.97 Å². The van der Waals surface area contributed by atoms with Crippen molar-refractivity contribution < 1.29 is 14.6 Å². The lowest BCUT2D eigenvalue weighted by atomic mass is 10.2. The van der Waals surface area contributed by atoms with Crippen LogP contribution in [0.3, 0.4) is 0 Å². The van der Waals surface area contributed by atoms with E-state index in [1.165, 1.54) is 6.20 Å². The summed E-state index contributed by atoms with van der Waals surface area (Å²) in [6.07, 6.45) is 2.12. The molecule has 0 bridgehead atoms. The summed E-state index contributed by atoms with van der Waals surface area (Å²) < 4.78 is 6.55. The van der Waals surface area contributed by atoms with E-state index in [-0.39, 0.29) is 12.3 Å². The Bertz CT molecular complexity index is 634. The first kappa shape index (κ1) is 13.9. The second-order valence-electron chi connectivity index (χ2n) is 4.28. The van der Waals surface area contributed by atoms with Gasteiger partial charge in [0.25, 0.3) is 5.56 Å². The third kappa shape index (κ3) is 3.71. The van der Waals surface area contributed by atoms with Crippen LogP contribution < -0.4 is 10.3 Å². The summed E-state index contributed by atoms with van der Waals surface area (Å²) in [5, 5.41) is 8.71. The minimum atomic E-state index is -1.06. The molecule has 5 heteroatoms. The zero-order valence-electron chi connectivity index (χ0n) is 10.9. The molecular weight excluding hydrogens is 258 g/mol. The number of hydrogen-bond acceptors (Lipinski definition) is 3. The highest BCUT2D eigenvalue weighted by molar-refractivity contribution is 5.66. The predicted molar refractivity (Wildman–Crippen MR) is 74.0 cm³/mol. The monoisotopic (exact) mass is 273 g/mol. The number of carboxylic acids is 1. The molecule has 2 rings (SSSR count). The number of carboxylic acid groups (broad SMARTS) is 1. The average Bonchev–Trinajstić information content (AvgIpc) is 2.43. The van der Waals surface area contributed by atoms with Gasteiger partial charge in [0.15, 0.2) is 5.75 Å². The Morgan fingerprint density at radius 3 is 2.60 bits per heavy atom. The molecular formula is C15H15NO4. The molecule has 0 radical (unpaired) electrons. The number of rotatable bonds is 6. The lowest BCUT2D eigenvalue weighted by Gasteiger charge is -2.08. The van der Waals surface area contributed by atoms with Crippen molar-refractivity contribution in [2.75, 3.05) is 6.61 Å². The molecule has 0 unspecified atom stereocenters. The summed E-state index contributed by atoms with van der Waals surface area (Å²) >= 11 is 0. The number of hydrogen-bond donors (Lipinski definition) is 1. The molecule has 0 aliphatic heterocycles. The fourth-order valence-corrected chi connectivity index (χ4v) is 1.82. The van der Waals surface area contributed by atoms with E-state index in [4.69, 9.17) is 9.84 Å². The van der Waals surface area contributed by atoms with Crippen molar-refractivity contribution in [1.29, 1.82) is 0 Å². The van der Waals surface area contributed by atoms with Gasteiger partial charge in [-0.2, -0.15) is 0 Å². The first-order valence-electron chi connectivity index (χ1n) is 6.25. The molecule has 0 atom stereocenters. The fraction of sp³-hybridized carbons (Fsp3) is 0.200. The number of pyridine rings is 1. The molecule has 1 aromatic carbocycles. The summed E-state index contributed by atoms with van der Waals surface area (Å²) in [4.78, 5) is 22.6. The van der Waals surface area contributed by atoms with Crippen LogP contribution >= 0.6 is 0 Å². The molecule has 0 aliphatic rings. The molecule has 20 heavy (non-hydrogen) atoms. The minimum absolute atomic E-state index is 0.171. The Morgan fingerprint density at radius 1 is 1.15 bits per heavy atom. The van der Waals surface area contributed by atoms with Crippen molar-refractivity contribution in [2.24, 2.45) is 0 Å². The maximum atomic E-state index is 11.9. The summed E-state index contributed by atoms with van der Waals surface area (Å²) in [6.45, 7) is 0.00502. The van der Waals surface area contributed by atoms with E-state index in [0.717, 1.165) is 10.1 Å². The van der Waals surface area contributed by atoms with E-state index >= 15 is 0 Å². The second-order valence-corrected chi connectivity index (χ2v) is 4.28. The third-order valence-electron chi connectivity index (χ3n) is 2.78. The molecule has 0 saturated heterocycles. The highest BCUT2D eigenvalue weighted by Crippen LogP contribution is 2.04. The van der Waals surface area contributed by atoms with Crippen molar-refractivity contribution in [2.45, 2.75) is 13.0 Å². The van der Waals surface area contributed by atoms with Gasteiger partial charge in [-0.15, -0.1) is 0 Å². The molecule has 1 aromatic heterocycles. The van der Waals surface area contributed by atoms with E-state index in [1.807, 2.05) is 30.3 Å². The predicted octanol–water partition coefficient (Wildman–Crippen LogP) is 1.55. The zero-order chi connectivity index (χ0) is 14.4. The Labute approximate surface area is 116 Å². The molecule has 0 fully saturated rings. The van der Waals surface area contributed by atoms with E-state index in [2.05, 4.69) is 0 Å². The van der Waals surface area contributed by atoms with Crippen molar-refractivity contribution in [3.63, 3.8) is 0 Å². The van der Waals surface area contributed by atoms with Gasteiger partial charge in [0.05, 0.1) is 6.61 Å². The highest BCUT2D eigenvalue weighted by Gasteiger charge is 2.06. The number of carbonyl (C=O) groups is 1. The Hall–Kier alpha value is -2.56. The summed E-state index contributed by atoms with van der Waals surface area (Å²) in [5.41, 5.74) is 0.692. The average molecular weight is 273 g/mol. The van der Waals surface area contributed by atoms with Crippen LogP contribution in [-0.4, -0.2) is 22.2 Å². The molecule has 0 amide bonds. The van der Waals surface area contributed by atoms with Crippen LogP contribution in [0.4, 0.5) is 0 Å². The van der Waals surface area contributed by atoms with Gasteiger partial charge in [-0.1, -0.05) is 30.3 Å². The van der Waals surface area contributed by atoms with Crippen LogP contribution in [0, 0.1) is 0 Å². The summed E-state index contributed by atoms with van der Waals surface area (Å²) in [6, 6.07) is 12.9. The molecule has 104 valence electrons. The van der Waals surface area contributed by atoms with Gasteiger partial charge in [-0.25, -0.2) is 0 Å². The second kappa shape index (κ2) is 6.56. The standard InChI is InChI=1S/C15H15NO4/c17-14(18)11-16-9-4-7-13(15(16)19)20-10-8-12-5-2-1-3-6-12/h1-7,9H,8,10-11H2,(H,17,18). The summed E-state index contributed by atoms with van der Waals surface area (Å²) in [7, 11) is 0. The van der Waals surface area contributed by atoms with Gasteiger partial charge in [-0.3, -0.25) is 9.59 Å². The zero-order valence-corrected chi connectivity index (χ0v) is 10.9. The number of ether oxygens (including phenoxy) is 1. The normalized spacial score (nSPS) is 10.2. The lowest BCUT2D eigenvalue weighted by Crippen LogP contribution is -2.25. The number of aliphatic carboxylic acids is 1. The molecule has 1 heterocycles. The Morgan fingerprint density at radius 2 is 1.90 bits per heavy atom. The van der Waals surface area contributed by atoms with Crippen molar-refractivity contribution in [1.82, 2.24) is 4.57 Å². The van der Waals surface area contributed by atoms with Crippen molar-refractivity contribution in [3.8, 4) is 5.75 Å². The van der Waals surface area contributed by atoms with Gasteiger partial charge in [0.2, 0.25) is 0 Å². The van der Waals surface area contributed by atoms with E-state index in [1.54, 1.807) is 12.1 Å². The third-order valence-corrected chi connectivity index (χ3v) is 2.78. The van der Waals surface area contributed by atoms with Crippen LogP contribution in [0.15, 0.2) is 53.5 Å². The molecule has 0 saturated carbocycles. The van der Waals surface area contributed by atoms with Crippen LogP contribution in [-0.2, 0) is 17.8 Å². The van der Waals surface area contributed by atoms with E-state index < -0.39 is 11.5 Å². The molecule has 5 nitrogen and oxygen atoms in total. The first-order chi connectivity index (χ1) is 9.66. The highest BCUT2D eigenvalue weighted by atomic mass is 16.5. The maximum Gasteiger partial charge on any atom is 0.323 e. The number of aromatic nitrogens is 1. The SMILES string of the molecule is O=C(O)Cn1cccc(OCCc2ccccc2)c1=O. The van der Waals surface area contributed by atoms with Gasteiger partial charge >= 0.3 is 5.97 Å². The first-order valence-corrected chi connectivity index (χ1v) is 6.25. The molecule has 2 aromatic rings. The quantitative estimate of drug-likeness (QED) is 0.867. The molecule has 1 N–H and O–H groups in total. The van der Waals surface area contributed by atoms with Gasteiger partial charge in [0, 0.05) is 12.6 Å². The minimum Gasteiger partial charge on any atom is -0.488 e. The smallest absolute Gasteiger partial charge is 0.323 e. The van der Waals surface area contributed by atoms with Crippen LogP contribution in [0.1, 0.15) is 5.56 Å². The fourth-order valence-electron chi connectivity index (χ4n) is 1.82. The van der Waals surface area contributed by atoms with Gasteiger partial charge in [-0.05, 0) is 17.7 Å². The molecule has 0 spiro atoms. The van der Waals surface area contributed by atoms with E-state index in [0.29, 0.717) is 13.0 Å². The Kier molecular flexibility index (Phi) is 4.55. The van der Waals surface area contributed by atoms with Gasteiger partial charge in [0.1, 0.15) is 6.54 Å². The van der Waals surface area contributed by atoms with E-state index in [9.17, 15) is 9.59 Å². The largest absolute Gasteiger partial charge is 0.488 e. The van der Waals surface area contributed by atoms with Crippen molar-refractivity contribution in [3.05, 3.63) is 64.6 Å².